The van der Waals surface area contributed by atoms with Gasteiger partial charge in [0, 0.05) is 12.4 Å². The maximum atomic E-state index is 5.06. The predicted molar refractivity (Wildman–Crippen MR) is 39.8 cm³/mol. The monoisotopic (exact) mass is 149 g/mol. The Bertz CT molecular complexity index is 44.3. The maximum absolute atomic E-state index is 5.06. The summed E-state index contributed by atoms with van der Waals surface area (Å²) >= 11 is 4.66. The molecule has 0 unspecified atom stereocenters. The molecule has 0 aromatic rings. The van der Waals surface area contributed by atoms with E-state index in [4.69, 9.17) is 9.47 Å². The van der Waals surface area contributed by atoms with Gasteiger partial charge in [-0.3, -0.25) is 0 Å². The highest BCUT2D eigenvalue weighted by Crippen LogP contribution is 1.79. The lowest BCUT2D eigenvalue weighted by Gasteiger charge is -2.00. The fraction of sp³-hybridized carbons (Fsp3) is 1.00. The molecule has 1 radical (unpaired) electrons. The Kier molecular flexibility index (Phi) is 8.52. The number of hydrogen-bond acceptors (Lipinski definition) is 2. The molecule has 55 valence electrons. The second kappa shape index (κ2) is 8.27. The van der Waals surface area contributed by atoms with Crippen LogP contribution in [0.1, 0.15) is 6.92 Å². The normalized spacial score (nSPS) is 10.0. The van der Waals surface area contributed by atoms with Crippen LogP contribution in [0.15, 0.2) is 0 Å². The van der Waals surface area contributed by atoms with Gasteiger partial charge in [0.05, 0.1) is 19.8 Å². The Labute approximate surface area is 61.9 Å². The van der Waals surface area contributed by atoms with Crippen LogP contribution in [0, 0.1) is 0 Å². The van der Waals surface area contributed by atoms with Crippen molar-refractivity contribution in [1.29, 1.82) is 0 Å². The lowest BCUT2D eigenvalue weighted by Crippen LogP contribution is -2.05. The van der Waals surface area contributed by atoms with E-state index in [2.05, 4.69) is 12.6 Å². The van der Waals surface area contributed by atoms with E-state index in [1.165, 1.54) is 0 Å². The van der Waals surface area contributed by atoms with E-state index >= 15 is 0 Å². The minimum absolute atomic E-state index is 0.669. The van der Waals surface area contributed by atoms with E-state index < -0.39 is 0 Å². The van der Waals surface area contributed by atoms with Gasteiger partial charge in [-0.2, -0.15) is 0 Å². The van der Waals surface area contributed by atoms with Crippen molar-refractivity contribution in [2.45, 2.75) is 6.92 Å². The van der Waals surface area contributed by atoms with Crippen LogP contribution < -0.4 is 0 Å². The molecule has 0 aliphatic heterocycles. The molecule has 0 saturated carbocycles. The third kappa shape index (κ3) is 8.27. The highest BCUT2D eigenvalue weighted by molar-refractivity contribution is 7.80. The van der Waals surface area contributed by atoms with Gasteiger partial charge in [0.2, 0.25) is 0 Å². The van der Waals surface area contributed by atoms with Crippen molar-refractivity contribution in [2.75, 3.05) is 32.2 Å². The molecule has 3 heteroatoms. The van der Waals surface area contributed by atoms with E-state index in [0.717, 1.165) is 6.61 Å². The summed E-state index contributed by atoms with van der Waals surface area (Å²) in [6.07, 6.45) is 0. The lowest BCUT2D eigenvalue weighted by atomic mass is 10.7. The molecule has 0 atom stereocenters. The first-order valence-corrected chi connectivity index (χ1v) is 3.73. The zero-order chi connectivity index (χ0) is 6.95. The molecule has 0 aromatic carbocycles. The molecule has 0 spiro atoms. The van der Waals surface area contributed by atoms with Crippen LogP contribution in [-0.2, 0) is 9.47 Å². The molecule has 0 N–H and O–H groups in total. The average molecular weight is 149 g/mol. The standard InChI is InChI=1S/C6H13O2S/c1-2-7-3-4-8-5-6-9/h2-6H2,1H3. The van der Waals surface area contributed by atoms with E-state index in [-0.39, 0.29) is 0 Å². The largest absolute Gasteiger partial charge is 0.379 e. The van der Waals surface area contributed by atoms with E-state index in [9.17, 15) is 0 Å². The fourth-order valence-electron chi connectivity index (χ4n) is 0.423. The molecule has 9 heavy (non-hydrogen) atoms. The summed E-state index contributed by atoms with van der Waals surface area (Å²) in [7, 11) is 0. The first-order chi connectivity index (χ1) is 4.41. The van der Waals surface area contributed by atoms with Crippen LogP contribution in [0.4, 0.5) is 0 Å². The predicted octanol–water partition coefficient (Wildman–Crippen LogP) is 1.24. The summed E-state index contributed by atoms with van der Waals surface area (Å²) in [5.41, 5.74) is 0. The minimum Gasteiger partial charge on any atom is -0.379 e. The van der Waals surface area contributed by atoms with Gasteiger partial charge in [-0.25, -0.2) is 0 Å². The Morgan fingerprint density at radius 3 is 2.33 bits per heavy atom. The molecule has 0 saturated heterocycles. The van der Waals surface area contributed by atoms with Crippen LogP contribution in [-0.4, -0.2) is 32.2 Å². The molecule has 0 aliphatic rings. The lowest BCUT2D eigenvalue weighted by molar-refractivity contribution is 0.0595. The molecule has 0 rings (SSSR count). The first-order valence-electron chi connectivity index (χ1n) is 3.15. The summed E-state index contributed by atoms with van der Waals surface area (Å²) in [5, 5.41) is 0. The van der Waals surface area contributed by atoms with Crippen molar-refractivity contribution in [3.8, 4) is 0 Å². The third-order valence-electron chi connectivity index (χ3n) is 0.804. The van der Waals surface area contributed by atoms with Gasteiger partial charge in [0.25, 0.3) is 0 Å². The molecular formula is C6H13O2S. The minimum atomic E-state index is 0.669. The topological polar surface area (TPSA) is 18.5 Å². The molecule has 0 heterocycles. The van der Waals surface area contributed by atoms with Crippen LogP contribution >= 0.6 is 12.6 Å². The smallest absolute Gasteiger partial charge is 0.0700 e. The molecule has 0 aliphatic carbocycles. The highest BCUT2D eigenvalue weighted by Gasteiger charge is 1.84. The fourth-order valence-corrected chi connectivity index (χ4v) is 0.541. The summed E-state index contributed by atoms with van der Waals surface area (Å²) in [6, 6.07) is 0. The summed E-state index contributed by atoms with van der Waals surface area (Å²) in [4.78, 5) is 0. The maximum Gasteiger partial charge on any atom is 0.0700 e. The second-order valence-electron chi connectivity index (χ2n) is 1.51. The van der Waals surface area contributed by atoms with Gasteiger partial charge in [-0.05, 0) is 6.92 Å². The Balaban J connectivity index is 2.60. The number of ether oxygens (including phenoxy) is 2. The zero-order valence-corrected chi connectivity index (χ0v) is 6.58. The van der Waals surface area contributed by atoms with E-state index in [1.807, 2.05) is 6.92 Å². The van der Waals surface area contributed by atoms with E-state index in [1.54, 1.807) is 0 Å². The van der Waals surface area contributed by atoms with Crippen molar-refractivity contribution in [3.63, 3.8) is 0 Å². The second-order valence-corrected chi connectivity index (χ2v) is 1.92. The Hall–Kier alpha value is 0.270. The molecule has 2 nitrogen and oxygen atoms in total. The molecule has 0 aromatic heterocycles. The molecule has 0 amide bonds. The van der Waals surface area contributed by atoms with E-state index in [0.29, 0.717) is 25.6 Å². The van der Waals surface area contributed by atoms with Crippen LogP contribution in [0.3, 0.4) is 0 Å². The Morgan fingerprint density at radius 2 is 1.78 bits per heavy atom. The first kappa shape index (κ1) is 9.27. The Morgan fingerprint density at radius 1 is 1.11 bits per heavy atom. The van der Waals surface area contributed by atoms with Gasteiger partial charge in [0.15, 0.2) is 0 Å². The van der Waals surface area contributed by atoms with Gasteiger partial charge in [-0.1, -0.05) is 12.6 Å². The van der Waals surface area contributed by atoms with Crippen molar-refractivity contribution in [1.82, 2.24) is 0 Å². The van der Waals surface area contributed by atoms with Crippen molar-refractivity contribution >= 4 is 12.6 Å². The molecule has 0 bridgehead atoms. The summed E-state index contributed by atoms with van der Waals surface area (Å²) < 4.78 is 10.1. The van der Waals surface area contributed by atoms with Crippen LogP contribution in [0.2, 0.25) is 0 Å². The molecular weight excluding hydrogens is 136 g/mol. The SMILES string of the molecule is CCOCCOCC[S]. The number of rotatable bonds is 6. The van der Waals surface area contributed by atoms with Crippen molar-refractivity contribution < 1.29 is 9.47 Å². The molecule has 0 fully saturated rings. The average Bonchev–Trinajstić information content (AvgIpc) is 1.89. The van der Waals surface area contributed by atoms with Crippen molar-refractivity contribution in [3.05, 3.63) is 0 Å². The van der Waals surface area contributed by atoms with Crippen molar-refractivity contribution in [2.24, 2.45) is 0 Å². The summed E-state index contributed by atoms with van der Waals surface area (Å²) in [6.45, 7) is 4.75. The highest BCUT2D eigenvalue weighted by atomic mass is 32.1. The zero-order valence-electron chi connectivity index (χ0n) is 5.76. The van der Waals surface area contributed by atoms with Crippen LogP contribution in [0.25, 0.3) is 0 Å². The van der Waals surface area contributed by atoms with Crippen LogP contribution in [0.5, 0.6) is 0 Å². The van der Waals surface area contributed by atoms with Gasteiger partial charge in [0.1, 0.15) is 0 Å². The third-order valence-corrected chi connectivity index (χ3v) is 0.970. The number of hydrogen-bond donors (Lipinski definition) is 0. The quantitative estimate of drug-likeness (QED) is 0.529. The van der Waals surface area contributed by atoms with Gasteiger partial charge >= 0.3 is 0 Å². The van der Waals surface area contributed by atoms with Gasteiger partial charge < -0.3 is 9.47 Å². The summed E-state index contributed by atoms with van der Waals surface area (Å²) in [5.74, 6) is 0.673. The van der Waals surface area contributed by atoms with Gasteiger partial charge in [-0.15, -0.1) is 0 Å².